The standard InChI is InChI=1S/C22H22FN3O4S/c23-18-8-6-17(7-9-18)20-16-24-21(30-20)10-11-22(27)25-12-14-26(15-13-25)31(28,29)19-4-2-1-3-5-19/h1-9,16H,10-15H2. The van der Waals surface area contributed by atoms with E-state index in [2.05, 4.69) is 4.98 Å². The van der Waals surface area contributed by atoms with Crippen LogP contribution in [0.3, 0.4) is 0 Å². The number of sulfonamides is 1. The molecule has 4 rings (SSSR count). The maximum absolute atomic E-state index is 13.0. The van der Waals surface area contributed by atoms with Gasteiger partial charge in [0.15, 0.2) is 11.7 Å². The van der Waals surface area contributed by atoms with Crippen molar-refractivity contribution in [3.63, 3.8) is 0 Å². The second kappa shape index (κ2) is 8.99. The van der Waals surface area contributed by atoms with Gasteiger partial charge in [-0.3, -0.25) is 4.79 Å². The molecule has 0 radical (unpaired) electrons. The van der Waals surface area contributed by atoms with Gasteiger partial charge in [-0.15, -0.1) is 0 Å². The molecule has 2 aromatic carbocycles. The molecular weight excluding hydrogens is 421 g/mol. The van der Waals surface area contributed by atoms with Crippen LogP contribution in [0.4, 0.5) is 4.39 Å². The maximum Gasteiger partial charge on any atom is 0.243 e. The fourth-order valence-corrected chi connectivity index (χ4v) is 4.91. The Morgan fingerprint density at radius 2 is 1.68 bits per heavy atom. The third kappa shape index (κ3) is 4.83. The fourth-order valence-electron chi connectivity index (χ4n) is 3.46. The summed E-state index contributed by atoms with van der Waals surface area (Å²) in [5.74, 6) is 0.546. The molecule has 7 nitrogen and oxygen atoms in total. The topological polar surface area (TPSA) is 83.7 Å². The van der Waals surface area contributed by atoms with Gasteiger partial charge in [-0.25, -0.2) is 17.8 Å². The number of aryl methyl sites for hydroxylation is 1. The van der Waals surface area contributed by atoms with E-state index in [0.717, 1.165) is 0 Å². The van der Waals surface area contributed by atoms with Crippen molar-refractivity contribution in [1.82, 2.24) is 14.2 Å². The number of hydrogen-bond acceptors (Lipinski definition) is 5. The highest BCUT2D eigenvalue weighted by Gasteiger charge is 2.29. The number of piperazine rings is 1. The molecule has 2 heterocycles. The van der Waals surface area contributed by atoms with Crippen molar-refractivity contribution in [2.75, 3.05) is 26.2 Å². The summed E-state index contributed by atoms with van der Waals surface area (Å²) in [5.41, 5.74) is 0.710. The summed E-state index contributed by atoms with van der Waals surface area (Å²) >= 11 is 0. The zero-order chi connectivity index (χ0) is 21.8. The van der Waals surface area contributed by atoms with Crippen molar-refractivity contribution < 1.29 is 22.0 Å². The van der Waals surface area contributed by atoms with Crippen LogP contribution in [0.2, 0.25) is 0 Å². The maximum atomic E-state index is 13.0. The van der Waals surface area contributed by atoms with Gasteiger partial charge in [0, 0.05) is 44.6 Å². The summed E-state index contributed by atoms with van der Waals surface area (Å²) in [6.07, 6.45) is 2.11. The largest absolute Gasteiger partial charge is 0.441 e. The van der Waals surface area contributed by atoms with E-state index in [-0.39, 0.29) is 36.1 Å². The van der Waals surface area contributed by atoms with Gasteiger partial charge >= 0.3 is 0 Å². The van der Waals surface area contributed by atoms with Crippen LogP contribution in [-0.2, 0) is 21.2 Å². The number of benzene rings is 2. The molecule has 0 N–H and O–H groups in total. The van der Waals surface area contributed by atoms with Crippen LogP contribution < -0.4 is 0 Å². The Morgan fingerprint density at radius 3 is 2.35 bits per heavy atom. The van der Waals surface area contributed by atoms with Crippen LogP contribution in [0.15, 0.2) is 70.1 Å². The number of amides is 1. The lowest BCUT2D eigenvalue weighted by molar-refractivity contribution is -0.132. The summed E-state index contributed by atoms with van der Waals surface area (Å²) in [6.45, 7) is 1.21. The minimum absolute atomic E-state index is 0.0710. The third-order valence-electron chi connectivity index (χ3n) is 5.21. The molecule has 0 bridgehead atoms. The molecule has 0 unspecified atom stereocenters. The van der Waals surface area contributed by atoms with E-state index in [1.165, 1.54) is 16.4 Å². The second-order valence-corrected chi connectivity index (χ2v) is 9.16. The molecule has 1 fully saturated rings. The van der Waals surface area contributed by atoms with E-state index in [0.29, 0.717) is 36.7 Å². The molecule has 0 atom stereocenters. The Hall–Kier alpha value is -3.04. The molecule has 31 heavy (non-hydrogen) atoms. The number of oxazole rings is 1. The Kier molecular flexibility index (Phi) is 6.15. The number of halogens is 1. The highest BCUT2D eigenvalue weighted by molar-refractivity contribution is 7.89. The van der Waals surface area contributed by atoms with E-state index in [1.54, 1.807) is 53.6 Å². The van der Waals surface area contributed by atoms with Crippen molar-refractivity contribution >= 4 is 15.9 Å². The zero-order valence-corrected chi connectivity index (χ0v) is 17.6. The van der Waals surface area contributed by atoms with Crippen LogP contribution in [-0.4, -0.2) is 54.7 Å². The highest BCUT2D eigenvalue weighted by atomic mass is 32.2. The molecule has 1 amide bonds. The number of aromatic nitrogens is 1. The smallest absolute Gasteiger partial charge is 0.243 e. The first-order chi connectivity index (χ1) is 14.9. The van der Waals surface area contributed by atoms with Gasteiger partial charge in [0.25, 0.3) is 0 Å². The van der Waals surface area contributed by atoms with Crippen LogP contribution in [0.1, 0.15) is 12.3 Å². The molecule has 0 spiro atoms. The first-order valence-electron chi connectivity index (χ1n) is 9.97. The minimum Gasteiger partial charge on any atom is -0.441 e. The molecule has 162 valence electrons. The van der Waals surface area contributed by atoms with Gasteiger partial charge in [-0.1, -0.05) is 18.2 Å². The van der Waals surface area contributed by atoms with Gasteiger partial charge in [0.05, 0.1) is 11.1 Å². The Morgan fingerprint density at radius 1 is 1.00 bits per heavy atom. The van der Waals surface area contributed by atoms with Crippen molar-refractivity contribution in [2.45, 2.75) is 17.7 Å². The van der Waals surface area contributed by atoms with Gasteiger partial charge in [0.1, 0.15) is 5.82 Å². The number of nitrogens with zero attached hydrogens (tertiary/aromatic N) is 3. The van der Waals surface area contributed by atoms with Crippen LogP contribution in [0.5, 0.6) is 0 Å². The first-order valence-corrected chi connectivity index (χ1v) is 11.4. The first kappa shape index (κ1) is 21.2. The monoisotopic (exact) mass is 443 g/mol. The number of rotatable bonds is 6. The Labute approximate surface area is 180 Å². The predicted molar refractivity (Wildman–Crippen MR) is 112 cm³/mol. The van der Waals surface area contributed by atoms with E-state index in [4.69, 9.17) is 4.42 Å². The Balaban J connectivity index is 1.29. The van der Waals surface area contributed by atoms with Crippen molar-refractivity contribution in [3.8, 4) is 11.3 Å². The summed E-state index contributed by atoms with van der Waals surface area (Å²) in [4.78, 5) is 18.7. The van der Waals surface area contributed by atoms with Crippen LogP contribution in [0, 0.1) is 5.82 Å². The molecule has 3 aromatic rings. The summed E-state index contributed by atoms with van der Waals surface area (Å²) in [7, 11) is -3.55. The lowest BCUT2D eigenvalue weighted by atomic mass is 10.2. The van der Waals surface area contributed by atoms with Crippen molar-refractivity contribution in [2.24, 2.45) is 0 Å². The second-order valence-electron chi connectivity index (χ2n) is 7.22. The van der Waals surface area contributed by atoms with E-state index in [1.807, 2.05) is 0 Å². The Bertz CT molecular complexity index is 1140. The van der Waals surface area contributed by atoms with E-state index < -0.39 is 10.0 Å². The van der Waals surface area contributed by atoms with E-state index >= 15 is 0 Å². The number of carbonyl (C=O) groups excluding carboxylic acids is 1. The zero-order valence-electron chi connectivity index (χ0n) is 16.8. The van der Waals surface area contributed by atoms with Crippen LogP contribution in [0.25, 0.3) is 11.3 Å². The van der Waals surface area contributed by atoms with E-state index in [9.17, 15) is 17.6 Å². The molecule has 1 aliphatic heterocycles. The lowest BCUT2D eigenvalue weighted by Gasteiger charge is -2.34. The average Bonchev–Trinajstić information content (AvgIpc) is 3.28. The van der Waals surface area contributed by atoms with Crippen molar-refractivity contribution in [3.05, 3.63) is 72.5 Å². The highest BCUT2D eigenvalue weighted by Crippen LogP contribution is 2.22. The summed E-state index contributed by atoms with van der Waals surface area (Å²) in [6, 6.07) is 14.2. The van der Waals surface area contributed by atoms with Gasteiger partial charge in [-0.2, -0.15) is 4.31 Å². The predicted octanol–water partition coefficient (Wildman–Crippen LogP) is 2.95. The number of carbonyl (C=O) groups is 1. The number of hydrogen-bond donors (Lipinski definition) is 0. The normalized spacial score (nSPS) is 15.2. The summed E-state index contributed by atoms with van der Waals surface area (Å²) < 4.78 is 45.5. The summed E-state index contributed by atoms with van der Waals surface area (Å²) in [5, 5.41) is 0. The lowest BCUT2D eigenvalue weighted by Crippen LogP contribution is -2.50. The van der Waals surface area contributed by atoms with Crippen molar-refractivity contribution in [1.29, 1.82) is 0 Å². The molecular formula is C22H22FN3O4S. The molecule has 0 aliphatic carbocycles. The molecule has 1 aromatic heterocycles. The molecule has 9 heteroatoms. The van der Waals surface area contributed by atoms with Crippen LogP contribution >= 0.6 is 0 Å². The molecule has 1 saturated heterocycles. The molecule has 1 aliphatic rings. The fraction of sp³-hybridized carbons (Fsp3) is 0.273. The quantitative estimate of drug-likeness (QED) is 0.585. The van der Waals surface area contributed by atoms with Gasteiger partial charge < -0.3 is 9.32 Å². The molecule has 0 saturated carbocycles. The van der Waals surface area contributed by atoms with Gasteiger partial charge in [-0.05, 0) is 36.4 Å². The van der Waals surface area contributed by atoms with Gasteiger partial charge in [0.2, 0.25) is 15.9 Å². The minimum atomic E-state index is -3.55. The third-order valence-corrected chi connectivity index (χ3v) is 7.12. The SMILES string of the molecule is O=C(CCc1ncc(-c2ccc(F)cc2)o1)N1CCN(S(=O)(=O)c2ccccc2)CC1. The average molecular weight is 444 g/mol.